The summed E-state index contributed by atoms with van der Waals surface area (Å²) in [5.74, 6) is 6.40. The molecule has 0 amide bonds. The maximum Gasteiger partial charge on any atom is 0.416 e. The molecule has 0 fully saturated rings. The van der Waals surface area contributed by atoms with Gasteiger partial charge in [0.15, 0.2) is 0 Å². The van der Waals surface area contributed by atoms with Crippen LogP contribution in [0.25, 0.3) is 11.1 Å². The molecule has 3 rings (SSSR count). The minimum Gasteiger partial charge on any atom is -0.247 e. The molecular formula is C28H28F3N3. The summed E-state index contributed by atoms with van der Waals surface area (Å²) in [4.78, 5) is 0. The van der Waals surface area contributed by atoms with E-state index in [0.29, 0.717) is 23.4 Å². The maximum atomic E-state index is 12.9. The lowest BCUT2D eigenvalue weighted by atomic mass is 10.0. The standard InChI is InChI=1S/C28H28F3N3/c1-3-5-6-7-9-12-24-21-23(22-15-18-25(19-16-22)28(29,30)31)17-20-27(24)32-33-34(4-2)26-13-10-8-11-14-26/h8,10-11,13-21H,3-7H2,1-2H3. The van der Waals surface area contributed by atoms with Gasteiger partial charge >= 0.3 is 6.18 Å². The predicted octanol–water partition coefficient (Wildman–Crippen LogP) is 8.83. The zero-order valence-electron chi connectivity index (χ0n) is 19.4. The first kappa shape index (κ1) is 25.0. The van der Waals surface area contributed by atoms with E-state index in [1.54, 1.807) is 5.01 Å². The Morgan fingerprint density at radius 1 is 0.853 bits per heavy atom. The highest BCUT2D eigenvalue weighted by atomic mass is 19.4. The van der Waals surface area contributed by atoms with Gasteiger partial charge in [0.05, 0.1) is 16.8 Å². The third kappa shape index (κ3) is 6.95. The fraction of sp³-hybridized carbons (Fsp3) is 0.286. The predicted molar refractivity (Wildman–Crippen MR) is 132 cm³/mol. The lowest BCUT2D eigenvalue weighted by molar-refractivity contribution is -0.137. The Morgan fingerprint density at radius 3 is 2.21 bits per heavy atom. The first-order valence-corrected chi connectivity index (χ1v) is 11.5. The van der Waals surface area contributed by atoms with Gasteiger partial charge in [0.25, 0.3) is 0 Å². The number of para-hydroxylation sites is 1. The fourth-order valence-electron chi connectivity index (χ4n) is 3.38. The van der Waals surface area contributed by atoms with Crippen LogP contribution >= 0.6 is 0 Å². The molecule has 3 aromatic rings. The monoisotopic (exact) mass is 463 g/mol. The highest BCUT2D eigenvalue weighted by molar-refractivity contribution is 5.70. The van der Waals surface area contributed by atoms with Crippen molar-refractivity contribution in [3.05, 3.63) is 83.9 Å². The van der Waals surface area contributed by atoms with Crippen LogP contribution in [0, 0.1) is 11.8 Å². The summed E-state index contributed by atoms with van der Waals surface area (Å²) >= 11 is 0. The normalized spacial score (nSPS) is 11.3. The summed E-state index contributed by atoms with van der Waals surface area (Å²) < 4.78 is 38.8. The molecular weight excluding hydrogens is 435 g/mol. The van der Waals surface area contributed by atoms with Crippen molar-refractivity contribution in [2.24, 2.45) is 10.3 Å². The molecule has 3 aromatic carbocycles. The second kappa shape index (κ2) is 12.0. The number of hydrogen-bond acceptors (Lipinski definition) is 2. The van der Waals surface area contributed by atoms with Gasteiger partial charge in [0, 0.05) is 13.0 Å². The van der Waals surface area contributed by atoms with Gasteiger partial charge in [-0.05, 0) is 60.9 Å². The number of rotatable bonds is 8. The third-order valence-corrected chi connectivity index (χ3v) is 5.28. The van der Waals surface area contributed by atoms with Gasteiger partial charge in [-0.1, -0.05) is 73.2 Å². The molecule has 0 spiro atoms. The number of halogens is 3. The number of anilines is 1. The van der Waals surface area contributed by atoms with Crippen LogP contribution in [0.3, 0.4) is 0 Å². The molecule has 0 saturated carbocycles. The second-order valence-corrected chi connectivity index (χ2v) is 7.81. The van der Waals surface area contributed by atoms with Gasteiger partial charge in [0.1, 0.15) is 5.69 Å². The molecule has 0 heterocycles. The van der Waals surface area contributed by atoms with Gasteiger partial charge in [-0.2, -0.15) is 13.2 Å². The van der Waals surface area contributed by atoms with E-state index in [1.807, 2.05) is 55.5 Å². The molecule has 0 bridgehead atoms. The number of alkyl halides is 3. The Morgan fingerprint density at radius 2 is 1.56 bits per heavy atom. The zero-order valence-corrected chi connectivity index (χ0v) is 19.4. The highest BCUT2D eigenvalue weighted by Crippen LogP contribution is 2.32. The van der Waals surface area contributed by atoms with Crippen molar-refractivity contribution >= 4 is 11.4 Å². The summed E-state index contributed by atoms with van der Waals surface area (Å²) in [5, 5.41) is 10.7. The minimum absolute atomic E-state index is 0.619. The van der Waals surface area contributed by atoms with Gasteiger partial charge in [-0.3, -0.25) is 0 Å². The zero-order chi connectivity index (χ0) is 24.4. The Hall–Kier alpha value is -3.59. The molecule has 0 aromatic heterocycles. The van der Waals surface area contributed by atoms with E-state index in [2.05, 4.69) is 29.1 Å². The minimum atomic E-state index is -4.36. The second-order valence-electron chi connectivity index (χ2n) is 7.81. The molecule has 0 atom stereocenters. The van der Waals surface area contributed by atoms with Gasteiger partial charge in [-0.15, -0.1) is 5.11 Å². The molecule has 0 N–H and O–H groups in total. The Balaban J connectivity index is 1.92. The van der Waals surface area contributed by atoms with E-state index >= 15 is 0 Å². The summed E-state index contributed by atoms with van der Waals surface area (Å²) in [6.45, 7) is 4.79. The molecule has 0 saturated heterocycles. The number of nitrogens with zero attached hydrogens (tertiary/aromatic N) is 3. The molecule has 6 heteroatoms. The molecule has 34 heavy (non-hydrogen) atoms. The lowest BCUT2D eigenvalue weighted by Gasteiger charge is -2.15. The van der Waals surface area contributed by atoms with Crippen molar-refractivity contribution in [2.75, 3.05) is 11.6 Å². The van der Waals surface area contributed by atoms with Crippen LogP contribution in [0.15, 0.2) is 83.1 Å². The highest BCUT2D eigenvalue weighted by Gasteiger charge is 2.29. The molecule has 176 valence electrons. The van der Waals surface area contributed by atoms with E-state index in [-0.39, 0.29) is 0 Å². The smallest absolute Gasteiger partial charge is 0.247 e. The van der Waals surface area contributed by atoms with E-state index in [1.165, 1.54) is 12.1 Å². The van der Waals surface area contributed by atoms with Crippen LogP contribution in [0.5, 0.6) is 0 Å². The summed E-state index contributed by atoms with van der Waals surface area (Å²) in [7, 11) is 0. The Bertz CT molecular complexity index is 1140. The average Bonchev–Trinajstić information content (AvgIpc) is 2.85. The average molecular weight is 464 g/mol. The largest absolute Gasteiger partial charge is 0.416 e. The molecule has 0 radical (unpaired) electrons. The summed E-state index contributed by atoms with van der Waals surface area (Å²) in [6.07, 6.45) is -0.315. The van der Waals surface area contributed by atoms with E-state index in [0.717, 1.165) is 49.1 Å². The maximum absolute atomic E-state index is 12.9. The summed E-state index contributed by atoms with van der Waals surface area (Å²) in [5.41, 5.74) is 3.04. The Labute approximate surface area is 199 Å². The van der Waals surface area contributed by atoms with Crippen LogP contribution < -0.4 is 5.01 Å². The van der Waals surface area contributed by atoms with Crippen LogP contribution in [0.1, 0.15) is 50.7 Å². The van der Waals surface area contributed by atoms with Gasteiger partial charge in [-0.25, -0.2) is 5.01 Å². The van der Waals surface area contributed by atoms with E-state index in [9.17, 15) is 13.2 Å². The Kier molecular flexibility index (Phi) is 8.86. The molecule has 0 aliphatic heterocycles. The van der Waals surface area contributed by atoms with Gasteiger partial charge in [0.2, 0.25) is 0 Å². The van der Waals surface area contributed by atoms with Crippen molar-refractivity contribution in [2.45, 2.75) is 45.7 Å². The van der Waals surface area contributed by atoms with Crippen molar-refractivity contribution in [1.82, 2.24) is 0 Å². The van der Waals surface area contributed by atoms with Crippen LogP contribution in [0.2, 0.25) is 0 Å². The summed E-state index contributed by atoms with van der Waals surface area (Å²) in [6, 6.07) is 20.4. The number of unbranched alkanes of at least 4 members (excludes halogenated alkanes) is 3. The fourth-order valence-corrected chi connectivity index (χ4v) is 3.38. The number of hydrogen-bond donors (Lipinski definition) is 0. The van der Waals surface area contributed by atoms with E-state index in [4.69, 9.17) is 0 Å². The van der Waals surface area contributed by atoms with Crippen molar-refractivity contribution in [1.29, 1.82) is 0 Å². The number of benzene rings is 3. The van der Waals surface area contributed by atoms with Crippen LogP contribution in [-0.2, 0) is 6.18 Å². The van der Waals surface area contributed by atoms with Crippen LogP contribution in [0.4, 0.5) is 24.5 Å². The first-order chi connectivity index (χ1) is 16.4. The van der Waals surface area contributed by atoms with Crippen LogP contribution in [-0.4, -0.2) is 6.54 Å². The molecule has 0 aliphatic carbocycles. The van der Waals surface area contributed by atoms with Crippen molar-refractivity contribution in [3.63, 3.8) is 0 Å². The third-order valence-electron chi connectivity index (χ3n) is 5.28. The van der Waals surface area contributed by atoms with E-state index < -0.39 is 11.7 Å². The SMILES string of the molecule is CCCCCC#Cc1cc(-c2ccc(C(F)(F)F)cc2)ccc1N=NN(CC)c1ccccc1. The quantitative estimate of drug-likeness (QED) is 0.142. The molecule has 0 aliphatic rings. The van der Waals surface area contributed by atoms with Gasteiger partial charge < -0.3 is 0 Å². The molecule has 0 unspecified atom stereocenters. The van der Waals surface area contributed by atoms with Crippen molar-refractivity contribution in [3.8, 4) is 23.0 Å². The first-order valence-electron chi connectivity index (χ1n) is 11.5. The van der Waals surface area contributed by atoms with Crippen molar-refractivity contribution < 1.29 is 13.2 Å². The lowest BCUT2D eigenvalue weighted by Crippen LogP contribution is -2.13. The molecule has 3 nitrogen and oxygen atoms in total. The topological polar surface area (TPSA) is 28.0 Å².